The molecule has 3 N–H and O–H groups in total. The second kappa shape index (κ2) is 6.98. The van der Waals surface area contributed by atoms with E-state index in [1.807, 2.05) is 54.6 Å². The lowest BCUT2D eigenvalue weighted by molar-refractivity contribution is -0.122. The summed E-state index contributed by atoms with van der Waals surface area (Å²) >= 11 is 0. The fraction of sp³-hybridized carbons (Fsp3) is 0.143. The molecule has 5 heteroatoms. The fourth-order valence-electron chi connectivity index (χ4n) is 3.08. The van der Waals surface area contributed by atoms with Crippen LogP contribution in [0.25, 0.3) is 21.9 Å². The first-order valence-corrected chi connectivity index (χ1v) is 8.53. The third-order valence-corrected chi connectivity index (χ3v) is 4.47. The number of hydrogen-bond donors (Lipinski definition) is 2. The van der Waals surface area contributed by atoms with Crippen molar-refractivity contribution in [2.45, 2.75) is 19.0 Å². The molecule has 0 aliphatic carbocycles. The number of nitrogens with one attached hydrogen (secondary N) is 1. The van der Waals surface area contributed by atoms with Gasteiger partial charge in [0, 0.05) is 35.5 Å². The predicted molar refractivity (Wildman–Crippen MR) is 101 cm³/mol. The van der Waals surface area contributed by atoms with Crippen molar-refractivity contribution in [3.05, 3.63) is 78.2 Å². The first-order valence-electron chi connectivity index (χ1n) is 8.53. The van der Waals surface area contributed by atoms with Gasteiger partial charge >= 0.3 is 0 Å². The summed E-state index contributed by atoms with van der Waals surface area (Å²) in [4.78, 5) is 16.7. The van der Waals surface area contributed by atoms with Gasteiger partial charge in [0.05, 0.1) is 17.8 Å². The number of pyridine rings is 1. The van der Waals surface area contributed by atoms with Crippen molar-refractivity contribution in [1.82, 2.24) is 10.3 Å². The highest BCUT2D eigenvalue weighted by molar-refractivity contribution is 5.85. The van der Waals surface area contributed by atoms with E-state index in [-0.39, 0.29) is 5.91 Å². The van der Waals surface area contributed by atoms with Crippen LogP contribution in [-0.2, 0) is 17.8 Å². The van der Waals surface area contributed by atoms with E-state index in [9.17, 15) is 4.79 Å². The van der Waals surface area contributed by atoms with E-state index < -0.39 is 6.04 Å². The minimum atomic E-state index is -0.627. The van der Waals surface area contributed by atoms with Gasteiger partial charge in [0.25, 0.3) is 0 Å². The molecule has 0 radical (unpaired) electrons. The van der Waals surface area contributed by atoms with Crippen molar-refractivity contribution in [3.8, 4) is 0 Å². The van der Waals surface area contributed by atoms with Gasteiger partial charge in [0.15, 0.2) is 0 Å². The molecule has 130 valence electrons. The second-order valence-electron chi connectivity index (χ2n) is 6.32. The highest BCUT2D eigenvalue weighted by Crippen LogP contribution is 2.21. The molecule has 2 heterocycles. The number of rotatable bonds is 5. The largest absolute Gasteiger partial charge is 0.464 e. The van der Waals surface area contributed by atoms with Gasteiger partial charge in [-0.25, -0.2) is 0 Å². The molecule has 1 atom stereocenters. The van der Waals surface area contributed by atoms with E-state index in [1.54, 1.807) is 12.5 Å². The summed E-state index contributed by atoms with van der Waals surface area (Å²) in [5.41, 5.74) is 9.79. The number of fused-ring (bicyclic) bond motifs is 2. The van der Waals surface area contributed by atoms with Crippen molar-refractivity contribution in [3.63, 3.8) is 0 Å². The molecule has 2 aromatic carbocycles. The molecule has 1 unspecified atom stereocenters. The Bertz CT molecular complexity index is 1070. The van der Waals surface area contributed by atoms with Gasteiger partial charge in [-0.2, -0.15) is 0 Å². The van der Waals surface area contributed by atoms with Crippen molar-refractivity contribution in [1.29, 1.82) is 0 Å². The Morgan fingerprint density at radius 1 is 1.15 bits per heavy atom. The summed E-state index contributed by atoms with van der Waals surface area (Å²) in [6.07, 6.45) is 3.88. The van der Waals surface area contributed by atoms with E-state index in [0.717, 1.165) is 33.0 Å². The van der Waals surface area contributed by atoms with E-state index in [0.29, 0.717) is 13.0 Å². The first-order chi connectivity index (χ1) is 12.7. The normalized spacial score (nSPS) is 12.3. The smallest absolute Gasteiger partial charge is 0.237 e. The molecule has 4 rings (SSSR count). The topological polar surface area (TPSA) is 81.1 Å². The van der Waals surface area contributed by atoms with E-state index in [1.165, 1.54) is 0 Å². The lowest BCUT2D eigenvalue weighted by atomic mass is 10.0. The quantitative estimate of drug-likeness (QED) is 0.582. The van der Waals surface area contributed by atoms with Gasteiger partial charge in [0.1, 0.15) is 5.58 Å². The summed E-state index contributed by atoms with van der Waals surface area (Å²) in [7, 11) is 0. The molecule has 0 saturated heterocycles. The van der Waals surface area contributed by atoms with Gasteiger partial charge in [-0.05, 0) is 29.8 Å². The molecule has 0 aliphatic rings. The zero-order valence-corrected chi connectivity index (χ0v) is 14.2. The molecule has 2 aromatic heterocycles. The van der Waals surface area contributed by atoms with Crippen LogP contribution in [0.2, 0.25) is 0 Å². The van der Waals surface area contributed by atoms with Gasteiger partial charge in [-0.15, -0.1) is 0 Å². The van der Waals surface area contributed by atoms with Crippen LogP contribution >= 0.6 is 0 Å². The van der Waals surface area contributed by atoms with Crippen LogP contribution in [0.1, 0.15) is 11.1 Å². The second-order valence-corrected chi connectivity index (χ2v) is 6.32. The van der Waals surface area contributed by atoms with Crippen LogP contribution in [-0.4, -0.2) is 16.9 Å². The molecule has 0 saturated carbocycles. The third-order valence-electron chi connectivity index (χ3n) is 4.47. The summed E-state index contributed by atoms with van der Waals surface area (Å²) in [6.45, 7) is 0.434. The van der Waals surface area contributed by atoms with Crippen LogP contribution in [0.4, 0.5) is 0 Å². The van der Waals surface area contributed by atoms with Crippen molar-refractivity contribution >= 4 is 27.8 Å². The monoisotopic (exact) mass is 345 g/mol. The summed E-state index contributed by atoms with van der Waals surface area (Å²) in [5.74, 6) is -0.179. The van der Waals surface area contributed by atoms with E-state index in [2.05, 4.69) is 10.3 Å². The van der Waals surface area contributed by atoms with Gasteiger partial charge in [-0.3, -0.25) is 9.78 Å². The predicted octanol–water partition coefficient (Wildman–Crippen LogP) is 3.17. The molecule has 0 fully saturated rings. The number of carbonyl (C=O) groups is 1. The summed E-state index contributed by atoms with van der Waals surface area (Å²) in [6, 6.07) is 17.0. The maximum atomic E-state index is 12.4. The van der Waals surface area contributed by atoms with E-state index >= 15 is 0 Å². The SMILES string of the molecule is NC(Cc1coc2ccccc12)C(=O)NCc1ccc2ncccc2c1. The maximum Gasteiger partial charge on any atom is 0.237 e. The van der Waals surface area contributed by atoms with Gasteiger partial charge < -0.3 is 15.5 Å². The van der Waals surface area contributed by atoms with Gasteiger partial charge in [-0.1, -0.05) is 30.3 Å². The molecule has 0 spiro atoms. The van der Waals surface area contributed by atoms with Crippen molar-refractivity contribution < 1.29 is 9.21 Å². The minimum absolute atomic E-state index is 0.179. The fourth-order valence-corrected chi connectivity index (χ4v) is 3.08. The standard InChI is InChI=1S/C21H19N3O2/c22-18(11-16-13-26-20-6-2-1-5-17(16)20)21(25)24-12-14-7-8-19-15(10-14)4-3-9-23-19/h1-10,13,18H,11-12,22H2,(H,24,25). The Balaban J connectivity index is 1.40. The average Bonchev–Trinajstić information content (AvgIpc) is 3.09. The Labute approximate surface area is 150 Å². The molecule has 1 amide bonds. The highest BCUT2D eigenvalue weighted by atomic mass is 16.3. The molecule has 0 aliphatic heterocycles. The van der Waals surface area contributed by atoms with Crippen LogP contribution < -0.4 is 11.1 Å². The Morgan fingerprint density at radius 3 is 2.96 bits per heavy atom. The van der Waals surface area contributed by atoms with Gasteiger partial charge in [0.2, 0.25) is 5.91 Å². The summed E-state index contributed by atoms with van der Waals surface area (Å²) < 4.78 is 5.51. The number of aromatic nitrogens is 1. The number of amides is 1. The first kappa shape index (κ1) is 16.3. The van der Waals surface area contributed by atoms with E-state index in [4.69, 9.17) is 10.2 Å². The zero-order valence-electron chi connectivity index (χ0n) is 14.2. The lowest BCUT2D eigenvalue weighted by Gasteiger charge is -2.12. The number of furan rings is 1. The number of nitrogens with zero attached hydrogens (tertiary/aromatic N) is 1. The molecular formula is C21H19N3O2. The molecular weight excluding hydrogens is 326 g/mol. The summed E-state index contributed by atoms with van der Waals surface area (Å²) in [5, 5.41) is 4.96. The van der Waals surface area contributed by atoms with Crippen molar-refractivity contribution in [2.24, 2.45) is 5.73 Å². The number of nitrogens with two attached hydrogens (primary N) is 1. The Hall–Kier alpha value is -3.18. The third kappa shape index (κ3) is 3.30. The van der Waals surface area contributed by atoms with Crippen LogP contribution in [0, 0.1) is 0 Å². The average molecular weight is 345 g/mol. The molecule has 4 aromatic rings. The van der Waals surface area contributed by atoms with Crippen molar-refractivity contribution in [2.75, 3.05) is 0 Å². The molecule has 5 nitrogen and oxygen atoms in total. The zero-order chi connectivity index (χ0) is 17.9. The maximum absolute atomic E-state index is 12.4. The van der Waals surface area contributed by atoms with Crippen LogP contribution in [0.15, 0.2) is 71.5 Å². The molecule has 26 heavy (non-hydrogen) atoms. The number of para-hydroxylation sites is 1. The molecule has 0 bridgehead atoms. The number of hydrogen-bond acceptors (Lipinski definition) is 4. The number of carbonyl (C=O) groups excluding carboxylic acids is 1. The van der Waals surface area contributed by atoms with Crippen LogP contribution in [0.3, 0.4) is 0 Å². The van der Waals surface area contributed by atoms with Crippen LogP contribution in [0.5, 0.6) is 0 Å². The minimum Gasteiger partial charge on any atom is -0.464 e. The highest BCUT2D eigenvalue weighted by Gasteiger charge is 2.16. The number of benzene rings is 2. The lowest BCUT2D eigenvalue weighted by Crippen LogP contribution is -2.41. The Kier molecular flexibility index (Phi) is 4.37. The Morgan fingerprint density at radius 2 is 2.04 bits per heavy atom.